The van der Waals surface area contributed by atoms with Gasteiger partial charge in [0.05, 0.1) is 20.8 Å². The second-order valence-corrected chi connectivity index (χ2v) is 4.64. The summed E-state index contributed by atoms with van der Waals surface area (Å²) in [4.78, 5) is 41.5. The quantitative estimate of drug-likeness (QED) is 0.307. The zero-order valence-corrected chi connectivity index (χ0v) is 13.0. The van der Waals surface area contributed by atoms with Crippen LogP contribution in [-0.4, -0.2) is 33.7 Å². The number of benzene rings is 1. The van der Waals surface area contributed by atoms with E-state index in [9.17, 15) is 39.5 Å². The predicted molar refractivity (Wildman–Crippen MR) is 78.3 cm³/mol. The van der Waals surface area contributed by atoms with Gasteiger partial charge in [0, 0.05) is 0 Å². The molecule has 13 heteroatoms. The Kier molecular flexibility index (Phi) is 6.25. The Hall–Kier alpha value is -3.38. The maximum atomic E-state index is 12.7. The molecule has 0 aromatic heterocycles. The molecule has 0 radical (unpaired) electrons. The van der Waals surface area contributed by atoms with Crippen molar-refractivity contribution in [1.29, 1.82) is 0 Å². The second-order valence-electron chi connectivity index (χ2n) is 4.64. The van der Waals surface area contributed by atoms with Gasteiger partial charge in [0.1, 0.15) is 18.3 Å². The summed E-state index contributed by atoms with van der Waals surface area (Å²) in [7, 11) is 0. The van der Waals surface area contributed by atoms with Crippen molar-refractivity contribution < 1.29 is 33.4 Å². The van der Waals surface area contributed by atoms with Crippen molar-refractivity contribution in [1.82, 2.24) is 0 Å². The third-order valence-corrected chi connectivity index (χ3v) is 2.86. The molecule has 1 rings (SSSR count). The first-order valence-electron chi connectivity index (χ1n) is 6.71. The van der Waals surface area contributed by atoms with E-state index < -0.39 is 62.1 Å². The van der Waals surface area contributed by atoms with E-state index in [0.717, 1.165) is 6.92 Å². The van der Waals surface area contributed by atoms with Gasteiger partial charge in [-0.25, -0.2) is 9.18 Å². The summed E-state index contributed by atoms with van der Waals surface area (Å²) in [6.07, 6.45) is -3.43. The van der Waals surface area contributed by atoms with Gasteiger partial charge in [0.15, 0.2) is 0 Å². The summed E-state index contributed by atoms with van der Waals surface area (Å²) in [6, 6.07) is 0.451. The van der Waals surface area contributed by atoms with Crippen LogP contribution in [0.5, 0.6) is 5.75 Å². The van der Waals surface area contributed by atoms with Crippen LogP contribution in [0, 0.1) is 30.3 Å². The van der Waals surface area contributed by atoms with Crippen LogP contribution in [0.4, 0.5) is 26.2 Å². The van der Waals surface area contributed by atoms with Crippen LogP contribution >= 0.6 is 0 Å². The number of alkyl halides is 1. The van der Waals surface area contributed by atoms with Gasteiger partial charge in [-0.2, -0.15) is 0 Å². The molecule has 0 fully saturated rings. The zero-order valence-electron chi connectivity index (χ0n) is 13.0. The maximum absolute atomic E-state index is 12.7. The number of halogens is 1. The first kappa shape index (κ1) is 19.7. The average Bonchev–Trinajstić information content (AvgIpc) is 2.50. The van der Waals surface area contributed by atoms with Crippen molar-refractivity contribution in [3.05, 3.63) is 42.0 Å². The molecule has 0 N–H and O–H groups in total. The number of nitrogens with zero attached hydrogens (tertiary/aromatic N) is 3. The van der Waals surface area contributed by atoms with Crippen molar-refractivity contribution in [3.63, 3.8) is 0 Å². The van der Waals surface area contributed by atoms with Crippen LogP contribution in [0.2, 0.25) is 0 Å². The molecule has 0 aliphatic rings. The lowest BCUT2D eigenvalue weighted by Crippen LogP contribution is -2.17. The molecule has 12 nitrogen and oxygen atoms in total. The van der Waals surface area contributed by atoms with E-state index in [1.807, 2.05) is 0 Å². The molecule has 0 spiro atoms. The molecular weight excluding hydrogens is 349 g/mol. The summed E-state index contributed by atoms with van der Waals surface area (Å²) in [5.74, 6) is -1.12. The molecule has 0 saturated heterocycles. The summed E-state index contributed by atoms with van der Waals surface area (Å²) in [6.45, 7) is 1.65. The van der Waals surface area contributed by atoms with Gasteiger partial charge in [0.2, 0.25) is 0 Å². The van der Waals surface area contributed by atoms with Crippen molar-refractivity contribution >= 4 is 23.2 Å². The van der Waals surface area contributed by atoms with E-state index in [1.165, 1.54) is 6.92 Å². The molecular formula is C12H12FN3O9. The highest BCUT2D eigenvalue weighted by molar-refractivity contribution is 5.76. The fourth-order valence-corrected chi connectivity index (χ4v) is 1.90. The van der Waals surface area contributed by atoms with Crippen LogP contribution in [0.1, 0.15) is 19.4 Å². The maximum Gasteiger partial charge on any atom is 0.514 e. The van der Waals surface area contributed by atoms with Crippen LogP contribution in [0.15, 0.2) is 6.07 Å². The predicted octanol–water partition coefficient (Wildman–Crippen LogP) is 2.85. The fraction of sp³-hybridized carbons (Fsp3) is 0.417. The van der Waals surface area contributed by atoms with Crippen LogP contribution in [-0.2, 0) is 11.2 Å². The van der Waals surface area contributed by atoms with Gasteiger partial charge in [-0.05, 0) is 13.3 Å². The summed E-state index contributed by atoms with van der Waals surface area (Å²) < 4.78 is 21.5. The minimum Gasteiger partial charge on any atom is -0.431 e. The van der Waals surface area contributed by atoms with Crippen molar-refractivity contribution in [2.45, 2.75) is 26.4 Å². The van der Waals surface area contributed by atoms with Gasteiger partial charge < -0.3 is 9.47 Å². The highest BCUT2D eigenvalue weighted by Crippen LogP contribution is 2.44. The first-order valence-corrected chi connectivity index (χ1v) is 6.71. The lowest BCUT2D eigenvalue weighted by molar-refractivity contribution is -0.405. The van der Waals surface area contributed by atoms with Crippen molar-refractivity contribution in [3.8, 4) is 5.75 Å². The third-order valence-electron chi connectivity index (χ3n) is 2.86. The summed E-state index contributed by atoms with van der Waals surface area (Å²) in [5, 5.41) is 33.4. The molecule has 0 aliphatic carbocycles. The molecule has 25 heavy (non-hydrogen) atoms. The van der Waals surface area contributed by atoms with Gasteiger partial charge >= 0.3 is 17.5 Å². The van der Waals surface area contributed by atoms with Crippen LogP contribution in [0.25, 0.3) is 0 Å². The number of rotatable bonds is 7. The van der Waals surface area contributed by atoms with E-state index in [-0.39, 0.29) is 6.42 Å². The Morgan fingerprint density at radius 2 is 1.72 bits per heavy atom. The SMILES string of the molecule is CCc1c([N+](=O)[O-])cc([N+](=O)[O-])c(OC(=O)OCC(C)F)c1[N+](=O)[O-]. The number of nitro groups is 3. The van der Waals surface area contributed by atoms with E-state index >= 15 is 0 Å². The van der Waals surface area contributed by atoms with Gasteiger partial charge in [-0.3, -0.25) is 30.3 Å². The molecule has 1 atom stereocenters. The zero-order chi connectivity index (χ0) is 19.3. The van der Waals surface area contributed by atoms with E-state index in [1.54, 1.807) is 0 Å². The monoisotopic (exact) mass is 361 g/mol. The molecule has 1 unspecified atom stereocenters. The Labute approximate surface area is 138 Å². The van der Waals surface area contributed by atoms with Crippen LogP contribution < -0.4 is 4.74 Å². The number of carbonyl (C=O) groups is 1. The summed E-state index contributed by atoms with van der Waals surface area (Å²) >= 11 is 0. The Bertz CT molecular complexity index is 735. The highest BCUT2D eigenvalue weighted by atomic mass is 19.1. The molecule has 1 aromatic carbocycles. The number of carbonyl (C=O) groups excluding carboxylic acids is 1. The molecule has 0 bridgehead atoms. The molecule has 0 heterocycles. The fourth-order valence-electron chi connectivity index (χ4n) is 1.90. The molecule has 1 aromatic rings. The Morgan fingerprint density at radius 1 is 1.16 bits per heavy atom. The Morgan fingerprint density at radius 3 is 2.12 bits per heavy atom. The lowest BCUT2D eigenvalue weighted by Gasteiger charge is -2.09. The van der Waals surface area contributed by atoms with Gasteiger partial charge in [0.25, 0.3) is 11.4 Å². The number of hydrogen-bond donors (Lipinski definition) is 0. The smallest absolute Gasteiger partial charge is 0.431 e. The molecule has 0 aliphatic heterocycles. The lowest BCUT2D eigenvalue weighted by atomic mass is 10.1. The average molecular weight is 361 g/mol. The first-order chi connectivity index (χ1) is 11.6. The second kappa shape index (κ2) is 7.94. The third kappa shape index (κ3) is 4.55. The van der Waals surface area contributed by atoms with Crippen molar-refractivity contribution in [2.24, 2.45) is 0 Å². The van der Waals surface area contributed by atoms with Gasteiger partial charge in [-0.15, -0.1) is 0 Å². The highest BCUT2D eigenvalue weighted by Gasteiger charge is 2.38. The molecule has 0 saturated carbocycles. The van der Waals surface area contributed by atoms with E-state index in [0.29, 0.717) is 6.07 Å². The number of ether oxygens (including phenoxy) is 2. The largest absolute Gasteiger partial charge is 0.514 e. The number of hydrogen-bond acceptors (Lipinski definition) is 9. The number of nitro benzene ring substituents is 3. The minimum absolute atomic E-state index is 0.239. The van der Waals surface area contributed by atoms with E-state index in [4.69, 9.17) is 0 Å². The minimum atomic E-state index is -1.62. The van der Waals surface area contributed by atoms with E-state index in [2.05, 4.69) is 9.47 Å². The van der Waals surface area contributed by atoms with Gasteiger partial charge in [-0.1, -0.05) is 6.92 Å². The van der Waals surface area contributed by atoms with Crippen molar-refractivity contribution in [2.75, 3.05) is 6.61 Å². The topological polar surface area (TPSA) is 165 Å². The van der Waals surface area contributed by atoms with Crippen LogP contribution in [0.3, 0.4) is 0 Å². The molecule has 0 amide bonds. The Balaban J connectivity index is 3.57. The normalized spacial score (nSPS) is 11.5. The standard InChI is InChI=1S/C12H12FN3O9/c1-3-7-8(14(18)19)4-9(15(20)21)11(10(7)16(22)23)25-12(17)24-5-6(2)13/h4,6H,3,5H2,1-2H3. The molecule has 136 valence electrons. The summed E-state index contributed by atoms with van der Waals surface area (Å²) in [5.41, 5.74) is -3.60.